The van der Waals surface area contributed by atoms with Crippen molar-refractivity contribution in [2.75, 3.05) is 62.8 Å². The predicted molar refractivity (Wildman–Crippen MR) is 226 cm³/mol. The zero-order valence-electron chi connectivity index (χ0n) is 32.1. The van der Waals surface area contributed by atoms with E-state index in [4.69, 9.17) is 11.6 Å². The molecule has 9 nitrogen and oxygen atoms in total. The number of rotatable bonds is 16. The van der Waals surface area contributed by atoms with Gasteiger partial charge in [0.1, 0.15) is 0 Å². The van der Waals surface area contributed by atoms with E-state index in [2.05, 4.69) is 36.7 Å². The molecule has 15 heteroatoms. The first-order chi connectivity index (χ1) is 27.7. The molecule has 306 valence electrons. The summed E-state index contributed by atoms with van der Waals surface area (Å²) in [7, 11) is -0.734. The average molecular weight is 852 g/mol. The van der Waals surface area contributed by atoms with Crippen LogP contribution in [0.3, 0.4) is 0 Å². The third kappa shape index (κ3) is 12.1. The molecule has 0 unspecified atom stereocenters. The molecule has 6 rings (SSSR count). The Kier molecular flexibility index (Phi) is 14.3. The molecule has 1 amide bonds. The molecule has 0 spiro atoms. The summed E-state index contributed by atoms with van der Waals surface area (Å²) in [6.45, 7) is 4.57. The van der Waals surface area contributed by atoms with Crippen LogP contribution in [0.4, 0.5) is 24.5 Å². The Balaban J connectivity index is 1.10. The molecule has 0 aliphatic carbocycles. The van der Waals surface area contributed by atoms with Gasteiger partial charge in [-0.2, -0.15) is 0 Å². The summed E-state index contributed by atoms with van der Waals surface area (Å²) in [5.74, 6) is -0.983. The number of benzene rings is 5. The smallest absolute Gasteiger partial charge is 0.404 e. The fraction of sp³-hybridized carbons (Fsp3) is 0.279. The van der Waals surface area contributed by atoms with Crippen molar-refractivity contribution in [1.82, 2.24) is 14.5 Å². The Morgan fingerprint density at radius 3 is 2.22 bits per heavy atom. The van der Waals surface area contributed by atoms with E-state index in [1.165, 1.54) is 22.9 Å². The lowest BCUT2D eigenvalue weighted by Gasteiger charge is -2.36. The molecule has 1 aliphatic heterocycles. The summed E-state index contributed by atoms with van der Waals surface area (Å²) in [5.41, 5.74) is 4.34. The van der Waals surface area contributed by atoms with Gasteiger partial charge in [0, 0.05) is 65.7 Å². The van der Waals surface area contributed by atoms with E-state index >= 15 is 0 Å². The summed E-state index contributed by atoms with van der Waals surface area (Å²) in [4.78, 5) is 20.4. The second-order valence-electron chi connectivity index (χ2n) is 14.2. The minimum Gasteiger partial charge on any atom is -0.404 e. The minimum absolute atomic E-state index is 0.113. The number of carbonyl (C=O) groups is 1. The predicted octanol–water partition coefficient (Wildman–Crippen LogP) is 8.87. The van der Waals surface area contributed by atoms with E-state index in [-0.39, 0.29) is 17.3 Å². The van der Waals surface area contributed by atoms with Crippen molar-refractivity contribution in [1.29, 1.82) is 0 Å². The first-order valence-electron chi connectivity index (χ1n) is 18.7. The van der Waals surface area contributed by atoms with E-state index in [9.17, 15) is 26.4 Å². The topological polar surface area (TPSA) is 94.2 Å². The summed E-state index contributed by atoms with van der Waals surface area (Å²) in [5, 5.41) is 3.79. The number of hydrogen-bond donors (Lipinski definition) is 2. The third-order valence-electron chi connectivity index (χ3n) is 9.63. The maximum atomic E-state index is 13.5. The van der Waals surface area contributed by atoms with Crippen LogP contribution in [0.5, 0.6) is 5.75 Å². The minimum atomic E-state index is -5.02. The standard InChI is InChI=1S/C43H45ClF3N5O4S2/c1-50(2)23-22-35(30-57-37-9-4-3-5-10-37)48-40-28-38(20-21-41(40)56-43(45,46)47)58(54,55)49-42(53)32-14-18-36(19-15-32)52-26-24-51(25-27-52)29-33-8-6-7-11-39(33)31-12-16-34(44)17-13-31/h3-21,28,35,48H,22-27,29-30H2,1-2H3,(H,49,53)/t35-/m1/s1. The molecule has 0 aromatic heterocycles. The van der Waals surface area contributed by atoms with Crippen molar-refractivity contribution in [3.05, 3.63) is 137 Å². The fourth-order valence-electron chi connectivity index (χ4n) is 6.59. The number of halogens is 4. The van der Waals surface area contributed by atoms with Crippen LogP contribution >= 0.6 is 23.4 Å². The van der Waals surface area contributed by atoms with Gasteiger partial charge in [0.05, 0.1) is 10.6 Å². The van der Waals surface area contributed by atoms with Gasteiger partial charge in [-0.3, -0.25) is 9.69 Å². The Hall–Kier alpha value is -4.73. The molecule has 0 bridgehead atoms. The van der Waals surface area contributed by atoms with Crippen molar-refractivity contribution in [2.24, 2.45) is 0 Å². The lowest BCUT2D eigenvalue weighted by Crippen LogP contribution is -2.46. The number of piperazine rings is 1. The van der Waals surface area contributed by atoms with Crippen molar-refractivity contribution in [2.45, 2.75) is 35.2 Å². The van der Waals surface area contributed by atoms with Crippen LogP contribution in [0, 0.1) is 0 Å². The van der Waals surface area contributed by atoms with Crippen molar-refractivity contribution in [3.8, 4) is 16.9 Å². The van der Waals surface area contributed by atoms with E-state index < -0.39 is 32.9 Å². The molecule has 0 radical (unpaired) electrons. The highest BCUT2D eigenvalue weighted by molar-refractivity contribution is 7.99. The van der Waals surface area contributed by atoms with Crippen LogP contribution in [0.15, 0.2) is 131 Å². The first-order valence-corrected chi connectivity index (χ1v) is 21.5. The largest absolute Gasteiger partial charge is 0.573 e. The van der Waals surface area contributed by atoms with Gasteiger partial charge in [0.25, 0.3) is 15.9 Å². The Bertz CT molecular complexity index is 2240. The zero-order valence-corrected chi connectivity index (χ0v) is 34.5. The molecule has 5 aromatic carbocycles. The highest BCUT2D eigenvalue weighted by Gasteiger charge is 2.33. The molecular weight excluding hydrogens is 807 g/mol. The number of amides is 1. The molecule has 5 aromatic rings. The van der Waals surface area contributed by atoms with Gasteiger partial charge in [0.15, 0.2) is 5.75 Å². The highest BCUT2D eigenvalue weighted by Crippen LogP contribution is 2.34. The maximum Gasteiger partial charge on any atom is 0.573 e. The number of nitrogens with one attached hydrogen (secondary N) is 2. The van der Waals surface area contributed by atoms with Crippen molar-refractivity contribution < 1.29 is 31.1 Å². The molecular formula is C43H45ClF3N5O4S2. The summed E-state index contributed by atoms with van der Waals surface area (Å²) >= 11 is 7.63. The van der Waals surface area contributed by atoms with E-state index in [1.807, 2.05) is 85.7 Å². The number of sulfonamides is 1. The molecule has 1 fully saturated rings. The van der Waals surface area contributed by atoms with E-state index in [0.717, 1.165) is 67.1 Å². The van der Waals surface area contributed by atoms with Gasteiger partial charge in [-0.1, -0.05) is 66.2 Å². The van der Waals surface area contributed by atoms with Gasteiger partial charge in [-0.15, -0.1) is 24.9 Å². The van der Waals surface area contributed by atoms with Crippen molar-refractivity contribution >= 4 is 50.7 Å². The van der Waals surface area contributed by atoms with Crippen LogP contribution < -0.4 is 19.7 Å². The molecule has 1 aliphatic rings. The normalized spacial score (nSPS) is 14.3. The van der Waals surface area contributed by atoms with Gasteiger partial charge in [0.2, 0.25) is 0 Å². The summed E-state index contributed by atoms with van der Waals surface area (Å²) in [6, 6.07) is 35.0. The molecule has 2 N–H and O–H groups in total. The first kappa shape index (κ1) is 42.9. The number of carbonyl (C=O) groups excluding carboxylic acids is 1. The number of thioether (sulfide) groups is 1. The average Bonchev–Trinajstić information content (AvgIpc) is 3.20. The monoisotopic (exact) mass is 851 g/mol. The van der Waals surface area contributed by atoms with E-state index in [0.29, 0.717) is 23.7 Å². The molecule has 1 atom stereocenters. The Morgan fingerprint density at radius 1 is 0.879 bits per heavy atom. The number of nitrogens with zero attached hydrogens (tertiary/aromatic N) is 3. The summed E-state index contributed by atoms with van der Waals surface area (Å²) < 4.78 is 73.8. The third-order valence-corrected chi connectivity index (χ3v) is 12.4. The van der Waals surface area contributed by atoms with Crippen molar-refractivity contribution in [3.63, 3.8) is 0 Å². The molecule has 1 saturated heterocycles. The van der Waals surface area contributed by atoms with Gasteiger partial charge in [-0.05, 0) is 110 Å². The number of hydrogen-bond acceptors (Lipinski definition) is 9. The van der Waals surface area contributed by atoms with Gasteiger partial charge >= 0.3 is 6.36 Å². The van der Waals surface area contributed by atoms with Gasteiger partial charge < -0.3 is 19.9 Å². The summed E-state index contributed by atoms with van der Waals surface area (Å²) in [6.07, 6.45) is -4.48. The Morgan fingerprint density at radius 2 is 1.55 bits per heavy atom. The van der Waals surface area contributed by atoms with Crippen LogP contribution in [0.25, 0.3) is 11.1 Å². The molecule has 0 saturated carbocycles. The lowest BCUT2D eigenvalue weighted by atomic mass is 9.99. The van der Waals surface area contributed by atoms with Crippen LogP contribution in [-0.2, 0) is 16.6 Å². The second kappa shape index (κ2) is 19.3. The quantitative estimate of drug-likeness (QED) is 0.0945. The van der Waals surface area contributed by atoms with Gasteiger partial charge in [-0.25, -0.2) is 13.1 Å². The SMILES string of the molecule is CN(C)CC[C@H](CSc1ccccc1)Nc1cc(S(=O)(=O)NC(=O)c2ccc(N3CCN(Cc4ccccc4-c4ccc(Cl)cc4)CC3)cc2)ccc1OC(F)(F)F. The molecule has 58 heavy (non-hydrogen) atoms. The second-order valence-corrected chi connectivity index (χ2v) is 17.4. The van der Waals surface area contributed by atoms with Crippen LogP contribution in [0.2, 0.25) is 5.02 Å². The van der Waals surface area contributed by atoms with Crippen LogP contribution in [-0.4, -0.2) is 89.1 Å². The lowest BCUT2D eigenvalue weighted by molar-refractivity contribution is -0.274. The molecule has 1 heterocycles. The maximum absolute atomic E-state index is 13.5. The number of anilines is 2. The zero-order chi connectivity index (χ0) is 41.3. The number of ether oxygens (including phenoxy) is 1. The Labute approximate surface area is 347 Å². The van der Waals surface area contributed by atoms with Crippen LogP contribution in [0.1, 0.15) is 22.3 Å². The highest BCUT2D eigenvalue weighted by atomic mass is 35.5. The fourth-order valence-corrected chi connectivity index (χ4v) is 8.70. The number of alkyl halides is 3. The van der Waals surface area contributed by atoms with E-state index in [1.54, 1.807) is 24.3 Å².